The Bertz CT molecular complexity index is 1470. The van der Waals surface area contributed by atoms with Gasteiger partial charge in [0.05, 0.1) is 11.1 Å². The number of halogens is 3. The summed E-state index contributed by atoms with van der Waals surface area (Å²) in [5.74, 6) is 0.650. The molecule has 0 radical (unpaired) electrons. The van der Waals surface area contributed by atoms with Crippen LogP contribution in [0.2, 0.25) is 0 Å². The van der Waals surface area contributed by atoms with Crippen LogP contribution in [0.15, 0.2) is 91.1 Å². The van der Waals surface area contributed by atoms with E-state index in [0.717, 1.165) is 33.7 Å². The van der Waals surface area contributed by atoms with Crippen LogP contribution in [-0.2, 0) is 12.8 Å². The third-order valence-electron chi connectivity index (χ3n) is 5.73. The number of aromatic nitrogens is 1. The van der Waals surface area contributed by atoms with Crippen molar-refractivity contribution in [2.75, 3.05) is 0 Å². The summed E-state index contributed by atoms with van der Waals surface area (Å²) in [5, 5.41) is 2.78. The maximum Gasteiger partial charge on any atom is 0.418 e. The lowest BCUT2D eigenvalue weighted by Crippen LogP contribution is -2.07. The number of hydrogen-bond acceptors (Lipinski definition) is 2. The Morgan fingerprint density at radius 1 is 0.818 bits per heavy atom. The molecule has 0 fully saturated rings. The van der Waals surface area contributed by atoms with Crippen molar-refractivity contribution in [3.05, 3.63) is 108 Å². The lowest BCUT2D eigenvalue weighted by atomic mass is 9.95. The van der Waals surface area contributed by atoms with Gasteiger partial charge in [-0.3, -0.25) is 4.98 Å². The molecular formula is C28H20F3NO. The Morgan fingerprint density at radius 2 is 1.61 bits per heavy atom. The predicted octanol–water partition coefficient (Wildman–Crippen LogP) is 7.96. The molecule has 0 amide bonds. The molecule has 5 aromatic rings. The summed E-state index contributed by atoms with van der Waals surface area (Å²) in [6, 6.07) is 26.0. The zero-order valence-corrected chi connectivity index (χ0v) is 17.9. The van der Waals surface area contributed by atoms with Crippen molar-refractivity contribution in [2.24, 2.45) is 0 Å². The number of ether oxygens (including phenoxy) is 1. The van der Waals surface area contributed by atoms with Crippen molar-refractivity contribution >= 4 is 21.7 Å². The van der Waals surface area contributed by atoms with E-state index in [4.69, 9.17) is 4.74 Å². The highest BCUT2D eigenvalue weighted by Gasteiger charge is 2.33. The largest absolute Gasteiger partial charge is 0.489 e. The van der Waals surface area contributed by atoms with Gasteiger partial charge in [-0.15, -0.1) is 0 Å². The minimum Gasteiger partial charge on any atom is -0.489 e. The second-order valence-electron chi connectivity index (χ2n) is 8.01. The number of aryl methyl sites for hydroxylation is 1. The van der Waals surface area contributed by atoms with Crippen molar-refractivity contribution < 1.29 is 17.9 Å². The molecular weight excluding hydrogens is 423 g/mol. The first-order valence-electron chi connectivity index (χ1n) is 10.6. The summed E-state index contributed by atoms with van der Waals surface area (Å²) in [6.45, 7) is 2.24. The quantitative estimate of drug-likeness (QED) is 0.281. The fraction of sp³-hybridized carbons (Fsp3) is 0.107. The Balaban J connectivity index is 1.49. The zero-order valence-electron chi connectivity index (χ0n) is 17.9. The van der Waals surface area contributed by atoms with Crippen molar-refractivity contribution in [3.63, 3.8) is 0 Å². The lowest BCUT2D eigenvalue weighted by molar-refractivity contribution is -0.136. The number of hydrogen-bond donors (Lipinski definition) is 0. The maximum atomic E-state index is 13.5. The van der Waals surface area contributed by atoms with Gasteiger partial charge in [0.1, 0.15) is 12.4 Å². The summed E-state index contributed by atoms with van der Waals surface area (Å²) in [5.41, 5.74) is 2.57. The van der Waals surface area contributed by atoms with Gasteiger partial charge in [0.25, 0.3) is 0 Å². The number of alkyl halides is 3. The topological polar surface area (TPSA) is 22.1 Å². The molecule has 4 aromatic carbocycles. The Kier molecular flexibility index (Phi) is 5.25. The molecule has 0 N–H and O–H groups in total. The number of rotatable bonds is 4. The predicted molar refractivity (Wildman–Crippen MR) is 125 cm³/mol. The molecule has 2 nitrogen and oxygen atoms in total. The van der Waals surface area contributed by atoms with Gasteiger partial charge in [-0.2, -0.15) is 13.2 Å². The maximum absolute atomic E-state index is 13.5. The molecule has 0 saturated heterocycles. The van der Waals surface area contributed by atoms with Gasteiger partial charge < -0.3 is 4.74 Å². The Hall–Kier alpha value is -3.86. The highest BCUT2D eigenvalue weighted by Crippen LogP contribution is 2.38. The van der Waals surface area contributed by atoms with E-state index < -0.39 is 11.7 Å². The Labute approximate surface area is 189 Å². The van der Waals surface area contributed by atoms with Gasteiger partial charge in [0, 0.05) is 11.6 Å². The van der Waals surface area contributed by atoms with Gasteiger partial charge in [-0.25, -0.2) is 0 Å². The smallest absolute Gasteiger partial charge is 0.418 e. The molecule has 1 heterocycles. The molecule has 164 valence electrons. The molecule has 0 spiro atoms. The summed E-state index contributed by atoms with van der Waals surface area (Å²) >= 11 is 0. The van der Waals surface area contributed by atoms with E-state index in [2.05, 4.69) is 29.2 Å². The molecule has 5 rings (SSSR count). The van der Waals surface area contributed by atoms with Gasteiger partial charge in [0.15, 0.2) is 0 Å². The Morgan fingerprint density at radius 3 is 2.42 bits per heavy atom. The fourth-order valence-corrected chi connectivity index (χ4v) is 4.17. The molecule has 0 aliphatic heterocycles. The first-order chi connectivity index (χ1) is 15.9. The van der Waals surface area contributed by atoms with E-state index in [9.17, 15) is 13.2 Å². The van der Waals surface area contributed by atoms with E-state index in [1.54, 1.807) is 6.07 Å². The minimum atomic E-state index is -4.47. The van der Waals surface area contributed by atoms with Crippen LogP contribution >= 0.6 is 0 Å². The van der Waals surface area contributed by atoms with Crippen LogP contribution in [0.25, 0.3) is 32.8 Å². The van der Waals surface area contributed by atoms with E-state index in [-0.39, 0.29) is 5.52 Å². The second kappa shape index (κ2) is 8.24. The van der Waals surface area contributed by atoms with E-state index in [1.165, 1.54) is 17.6 Å². The van der Waals surface area contributed by atoms with Crippen molar-refractivity contribution in [1.82, 2.24) is 4.98 Å². The zero-order chi connectivity index (χ0) is 23.0. The monoisotopic (exact) mass is 443 g/mol. The first-order valence-corrected chi connectivity index (χ1v) is 10.6. The SMILES string of the molecule is Cc1cnc2c(C(F)(F)F)cccc2c1-c1cccc(OCc2ccc3ccccc3c2)c1. The summed E-state index contributed by atoms with van der Waals surface area (Å²) in [4.78, 5) is 4.11. The number of pyridine rings is 1. The third kappa shape index (κ3) is 4.14. The minimum absolute atomic E-state index is 0.0481. The fourth-order valence-electron chi connectivity index (χ4n) is 4.17. The third-order valence-corrected chi connectivity index (χ3v) is 5.73. The van der Waals surface area contributed by atoms with Crippen LogP contribution in [0.4, 0.5) is 13.2 Å². The molecule has 0 unspecified atom stereocenters. The first kappa shape index (κ1) is 21.0. The summed E-state index contributed by atoms with van der Waals surface area (Å²) in [6.07, 6.45) is -2.97. The lowest BCUT2D eigenvalue weighted by Gasteiger charge is -2.15. The average molecular weight is 443 g/mol. The van der Waals surface area contributed by atoms with E-state index >= 15 is 0 Å². The highest BCUT2D eigenvalue weighted by molar-refractivity contribution is 5.97. The molecule has 33 heavy (non-hydrogen) atoms. The molecule has 0 bridgehead atoms. The molecule has 1 aromatic heterocycles. The molecule has 0 atom stereocenters. The average Bonchev–Trinajstić information content (AvgIpc) is 2.81. The van der Waals surface area contributed by atoms with Crippen LogP contribution in [0.1, 0.15) is 16.7 Å². The summed E-state index contributed by atoms with van der Waals surface area (Å²) < 4.78 is 46.6. The standard InChI is InChI=1S/C28H20F3NO/c1-18-16-32-27-24(10-5-11-25(27)28(29,30)31)26(18)22-8-4-9-23(15-22)33-17-19-12-13-20-6-2-3-7-21(20)14-19/h2-16H,17H2,1H3. The highest BCUT2D eigenvalue weighted by atomic mass is 19.4. The van der Waals surface area contributed by atoms with Crippen LogP contribution in [-0.4, -0.2) is 4.98 Å². The van der Waals surface area contributed by atoms with Gasteiger partial charge in [-0.1, -0.05) is 60.7 Å². The van der Waals surface area contributed by atoms with Crippen LogP contribution < -0.4 is 4.74 Å². The second-order valence-corrected chi connectivity index (χ2v) is 8.01. The molecule has 0 saturated carbocycles. The summed E-state index contributed by atoms with van der Waals surface area (Å²) in [7, 11) is 0. The number of para-hydroxylation sites is 1. The number of nitrogens with zero attached hydrogens (tertiary/aromatic N) is 1. The van der Waals surface area contributed by atoms with Crippen LogP contribution in [0, 0.1) is 6.92 Å². The van der Waals surface area contributed by atoms with Crippen LogP contribution in [0.3, 0.4) is 0 Å². The van der Waals surface area contributed by atoms with Gasteiger partial charge >= 0.3 is 6.18 Å². The van der Waals surface area contributed by atoms with Crippen molar-refractivity contribution in [1.29, 1.82) is 0 Å². The molecule has 5 heteroatoms. The molecule has 0 aliphatic carbocycles. The van der Waals surface area contributed by atoms with Gasteiger partial charge in [-0.05, 0) is 64.2 Å². The van der Waals surface area contributed by atoms with Crippen molar-refractivity contribution in [2.45, 2.75) is 19.7 Å². The van der Waals surface area contributed by atoms with E-state index in [1.807, 2.05) is 49.4 Å². The van der Waals surface area contributed by atoms with Gasteiger partial charge in [0.2, 0.25) is 0 Å². The number of fused-ring (bicyclic) bond motifs is 2. The number of benzene rings is 4. The van der Waals surface area contributed by atoms with E-state index in [0.29, 0.717) is 17.7 Å². The normalized spacial score (nSPS) is 11.8. The molecule has 0 aliphatic rings. The van der Waals surface area contributed by atoms with Crippen molar-refractivity contribution in [3.8, 4) is 16.9 Å². The van der Waals surface area contributed by atoms with Crippen LogP contribution in [0.5, 0.6) is 5.75 Å².